The van der Waals surface area contributed by atoms with E-state index in [0.717, 1.165) is 17.2 Å². The first-order valence-corrected chi connectivity index (χ1v) is 6.14. The quantitative estimate of drug-likeness (QED) is 0.471. The van der Waals surface area contributed by atoms with Crippen molar-refractivity contribution in [2.45, 2.75) is 11.8 Å². The zero-order valence-corrected chi connectivity index (χ0v) is 10.3. The van der Waals surface area contributed by atoms with Gasteiger partial charge in [-0.05, 0) is 31.6 Å². The molecule has 0 aliphatic carbocycles. The molecule has 0 aliphatic heterocycles. The van der Waals surface area contributed by atoms with Crippen molar-refractivity contribution in [1.82, 2.24) is 5.32 Å². The van der Waals surface area contributed by atoms with Crippen LogP contribution >= 0.6 is 11.8 Å². The van der Waals surface area contributed by atoms with Gasteiger partial charge in [-0.3, -0.25) is 10.1 Å². The summed E-state index contributed by atoms with van der Waals surface area (Å²) in [5.74, 6) is 1.60. The van der Waals surface area contributed by atoms with Crippen LogP contribution in [0.3, 0.4) is 0 Å². The molecule has 1 atom stereocenters. The van der Waals surface area contributed by atoms with Crippen molar-refractivity contribution in [3.63, 3.8) is 0 Å². The van der Waals surface area contributed by atoms with Crippen molar-refractivity contribution in [2.24, 2.45) is 5.92 Å². The molecule has 88 valence electrons. The van der Waals surface area contributed by atoms with Crippen LogP contribution < -0.4 is 5.32 Å². The lowest BCUT2D eigenvalue weighted by Gasteiger charge is -2.09. The van der Waals surface area contributed by atoms with Crippen molar-refractivity contribution >= 4 is 17.4 Å². The molecule has 4 nitrogen and oxygen atoms in total. The molecule has 1 aromatic carbocycles. The summed E-state index contributed by atoms with van der Waals surface area (Å²) in [6, 6.07) is 6.69. The van der Waals surface area contributed by atoms with E-state index in [1.54, 1.807) is 36.0 Å². The van der Waals surface area contributed by atoms with Gasteiger partial charge in [0.1, 0.15) is 0 Å². The van der Waals surface area contributed by atoms with Crippen molar-refractivity contribution in [3.05, 3.63) is 34.4 Å². The van der Waals surface area contributed by atoms with Gasteiger partial charge in [0.2, 0.25) is 0 Å². The summed E-state index contributed by atoms with van der Waals surface area (Å²) >= 11 is 1.73. The van der Waals surface area contributed by atoms with Crippen LogP contribution in [-0.4, -0.2) is 24.3 Å². The molecule has 0 bridgehead atoms. The lowest BCUT2D eigenvalue weighted by molar-refractivity contribution is -0.384. The van der Waals surface area contributed by atoms with E-state index in [0.29, 0.717) is 5.92 Å². The highest BCUT2D eigenvalue weighted by molar-refractivity contribution is 7.99. The fraction of sp³-hybridized carbons (Fsp3) is 0.455. The Morgan fingerprint density at radius 3 is 2.56 bits per heavy atom. The number of hydrogen-bond donors (Lipinski definition) is 1. The zero-order valence-electron chi connectivity index (χ0n) is 9.47. The third kappa shape index (κ3) is 4.20. The molecular formula is C11H16N2O2S. The number of benzene rings is 1. The average Bonchev–Trinajstić information content (AvgIpc) is 2.27. The Morgan fingerprint density at radius 2 is 2.06 bits per heavy atom. The minimum Gasteiger partial charge on any atom is -0.319 e. The van der Waals surface area contributed by atoms with Gasteiger partial charge in [-0.15, -0.1) is 11.8 Å². The van der Waals surface area contributed by atoms with Crippen molar-refractivity contribution in [1.29, 1.82) is 0 Å². The van der Waals surface area contributed by atoms with E-state index < -0.39 is 0 Å². The van der Waals surface area contributed by atoms with Gasteiger partial charge in [-0.1, -0.05) is 6.92 Å². The van der Waals surface area contributed by atoms with E-state index in [4.69, 9.17) is 0 Å². The van der Waals surface area contributed by atoms with Crippen LogP contribution in [0.2, 0.25) is 0 Å². The lowest BCUT2D eigenvalue weighted by Crippen LogP contribution is -2.17. The Morgan fingerprint density at radius 1 is 1.44 bits per heavy atom. The highest BCUT2D eigenvalue weighted by Crippen LogP contribution is 2.23. The van der Waals surface area contributed by atoms with Gasteiger partial charge < -0.3 is 5.32 Å². The molecule has 0 aliphatic rings. The van der Waals surface area contributed by atoms with Crippen LogP contribution in [0.15, 0.2) is 29.2 Å². The Labute approximate surface area is 99.6 Å². The van der Waals surface area contributed by atoms with Gasteiger partial charge in [0.25, 0.3) is 5.69 Å². The van der Waals surface area contributed by atoms with Crippen LogP contribution in [0, 0.1) is 16.0 Å². The van der Waals surface area contributed by atoms with Crippen molar-refractivity contribution in [3.8, 4) is 0 Å². The van der Waals surface area contributed by atoms with E-state index in [1.165, 1.54) is 0 Å². The summed E-state index contributed by atoms with van der Waals surface area (Å²) in [5.41, 5.74) is 0.146. The van der Waals surface area contributed by atoms with Crippen LogP contribution in [0.5, 0.6) is 0 Å². The van der Waals surface area contributed by atoms with Crippen LogP contribution in [0.25, 0.3) is 0 Å². The van der Waals surface area contributed by atoms with E-state index in [2.05, 4.69) is 12.2 Å². The number of thioether (sulfide) groups is 1. The zero-order chi connectivity index (χ0) is 12.0. The Kier molecular flexibility index (Phi) is 5.28. The smallest absolute Gasteiger partial charge is 0.269 e. The molecule has 0 saturated carbocycles. The summed E-state index contributed by atoms with van der Waals surface area (Å²) in [4.78, 5) is 11.2. The highest BCUT2D eigenvalue weighted by atomic mass is 32.2. The molecule has 0 saturated heterocycles. The summed E-state index contributed by atoms with van der Waals surface area (Å²) in [5, 5.41) is 13.6. The van der Waals surface area contributed by atoms with E-state index >= 15 is 0 Å². The maximum atomic E-state index is 10.5. The maximum Gasteiger partial charge on any atom is 0.269 e. The molecule has 0 radical (unpaired) electrons. The summed E-state index contributed by atoms with van der Waals surface area (Å²) in [7, 11) is 1.94. The molecule has 1 N–H and O–H groups in total. The molecule has 1 rings (SSSR count). The average molecular weight is 240 g/mol. The van der Waals surface area contributed by atoms with Crippen LogP contribution in [-0.2, 0) is 0 Å². The van der Waals surface area contributed by atoms with Gasteiger partial charge in [-0.2, -0.15) is 0 Å². The molecule has 5 heteroatoms. The second-order valence-corrected chi connectivity index (χ2v) is 4.82. The second-order valence-electron chi connectivity index (χ2n) is 3.72. The number of rotatable bonds is 6. The SMILES string of the molecule is CNCC(C)CSc1ccc([N+](=O)[O-])cc1. The summed E-state index contributed by atoms with van der Waals surface area (Å²) in [6.45, 7) is 3.16. The first-order chi connectivity index (χ1) is 7.63. The molecule has 16 heavy (non-hydrogen) atoms. The van der Waals surface area contributed by atoms with Crippen molar-refractivity contribution in [2.75, 3.05) is 19.3 Å². The number of non-ortho nitro benzene ring substituents is 1. The van der Waals surface area contributed by atoms with E-state index in [9.17, 15) is 10.1 Å². The standard InChI is InChI=1S/C11H16N2O2S/c1-9(7-12-2)8-16-11-5-3-10(4-6-11)13(14)15/h3-6,9,12H,7-8H2,1-2H3. The number of nitrogens with zero attached hydrogens (tertiary/aromatic N) is 1. The number of nitro groups is 1. The van der Waals surface area contributed by atoms with Crippen LogP contribution in [0.1, 0.15) is 6.92 Å². The molecule has 0 aromatic heterocycles. The third-order valence-electron chi connectivity index (χ3n) is 2.13. The minimum absolute atomic E-state index is 0.146. The molecule has 0 spiro atoms. The van der Waals surface area contributed by atoms with Gasteiger partial charge in [0.05, 0.1) is 4.92 Å². The molecule has 0 heterocycles. The highest BCUT2D eigenvalue weighted by Gasteiger charge is 2.05. The van der Waals surface area contributed by atoms with Gasteiger partial charge >= 0.3 is 0 Å². The fourth-order valence-electron chi connectivity index (χ4n) is 1.31. The van der Waals surface area contributed by atoms with Gasteiger partial charge in [0.15, 0.2) is 0 Å². The van der Waals surface area contributed by atoms with Gasteiger partial charge in [-0.25, -0.2) is 0 Å². The lowest BCUT2D eigenvalue weighted by atomic mass is 10.2. The monoisotopic (exact) mass is 240 g/mol. The molecule has 1 unspecified atom stereocenters. The molecule has 0 fully saturated rings. The molecule has 1 aromatic rings. The Bertz CT molecular complexity index is 340. The molecular weight excluding hydrogens is 224 g/mol. The summed E-state index contributed by atoms with van der Waals surface area (Å²) in [6.07, 6.45) is 0. The Balaban J connectivity index is 2.46. The predicted octanol–water partition coefficient (Wildman–Crippen LogP) is 2.54. The third-order valence-corrected chi connectivity index (χ3v) is 3.48. The van der Waals surface area contributed by atoms with E-state index in [-0.39, 0.29) is 10.6 Å². The number of hydrogen-bond acceptors (Lipinski definition) is 4. The normalized spacial score (nSPS) is 12.4. The molecule has 0 amide bonds. The maximum absolute atomic E-state index is 10.5. The first-order valence-electron chi connectivity index (χ1n) is 5.15. The minimum atomic E-state index is -0.377. The topological polar surface area (TPSA) is 55.2 Å². The Hall–Kier alpha value is -1.07. The predicted molar refractivity (Wildman–Crippen MR) is 66.9 cm³/mol. The van der Waals surface area contributed by atoms with Crippen LogP contribution in [0.4, 0.5) is 5.69 Å². The summed E-state index contributed by atoms with van der Waals surface area (Å²) < 4.78 is 0. The fourth-order valence-corrected chi connectivity index (χ4v) is 2.23. The van der Waals surface area contributed by atoms with E-state index in [1.807, 2.05) is 7.05 Å². The van der Waals surface area contributed by atoms with Crippen molar-refractivity contribution < 1.29 is 4.92 Å². The number of nitro benzene ring substituents is 1. The first kappa shape index (κ1) is 13.0. The number of nitrogens with one attached hydrogen (secondary N) is 1. The second kappa shape index (κ2) is 6.50. The van der Waals surface area contributed by atoms with Gasteiger partial charge in [0, 0.05) is 22.8 Å². The largest absolute Gasteiger partial charge is 0.319 e.